The molecule has 1 amide bonds. The highest BCUT2D eigenvalue weighted by Gasteiger charge is 2.26. The molecule has 0 aromatic carbocycles. The Morgan fingerprint density at radius 1 is 1.48 bits per heavy atom. The van der Waals surface area contributed by atoms with Gasteiger partial charge in [0.2, 0.25) is 10.0 Å². The highest BCUT2D eigenvalue weighted by molar-refractivity contribution is 7.89. The van der Waals surface area contributed by atoms with Gasteiger partial charge in [-0.05, 0) is 6.07 Å². The molecule has 0 spiro atoms. The van der Waals surface area contributed by atoms with Gasteiger partial charge in [-0.25, -0.2) is 8.42 Å². The summed E-state index contributed by atoms with van der Waals surface area (Å²) in [5, 5.41) is 11.5. The normalized spacial score (nSPS) is 11.9. The first-order chi connectivity index (χ1) is 9.88. The number of nitrogens with zero attached hydrogens (tertiary/aromatic N) is 2. The number of methoxy groups -OCH3 is 1. The van der Waals surface area contributed by atoms with Crippen LogP contribution in [0.15, 0.2) is 17.2 Å². The van der Waals surface area contributed by atoms with Crippen molar-refractivity contribution >= 4 is 15.9 Å². The molecule has 120 valence electrons. The van der Waals surface area contributed by atoms with E-state index in [4.69, 9.17) is 9.84 Å². The van der Waals surface area contributed by atoms with Crippen molar-refractivity contribution in [2.45, 2.75) is 4.90 Å². The van der Waals surface area contributed by atoms with E-state index in [0.29, 0.717) is 0 Å². The highest BCUT2D eigenvalue weighted by Crippen LogP contribution is 2.18. The summed E-state index contributed by atoms with van der Waals surface area (Å²) in [6.07, 6.45) is 1.37. The Kier molecular flexibility index (Phi) is 6.34. The van der Waals surface area contributed by atoms with E-state index in [1.165, 1.54) is 31.0 Å². The van der Waals surface area contributed by atoms with Gasteiger partial charge in [0.1, 0.15) is 10.6 Å². The highest BCUT2D eigenvalue weighted by atomic mass is 32.2. The van der Waals surface area contributed by atoms with Gasteiger partial charge >= 0.3 is 0 Å². The molecule has 0 fully saturated rings. The van der Waals surface area contributed by atoms with Gasteiger partial charge in [0.05, 0.1) is 13.2 Å². The van der Waals surface area contributed by atoms with E-state index in [1.807, 2.05) is 0 Å². The number of aromatic nitrogens is 1. The number of aliphatic hydroxyl groups excluding tert-OH is 1. The number of carbonyl (C=O) groups is 1. The zero-order valence-electron chi connectivity index (χ0n) is 12.4. The van der Waals surface area contributed by atoms with Gasteiger partial charge in [-0.15, -0.1) is 0 Å². The Morgan fingerprint density at radius 3 is 2.67 bits per heavy atom. The minimum atomic E-state index is -3.79. The third kappa shape index (κ3) is 4.03. The second-order valence-corrected chi connectivity index (χ2v) is 6.31. The fourth-order valence-electron chi connectivity index (χ4n) is 1.83. The van der Waals surface area contributed by atoms with Crippen LogP contribution in [0, 0.1) is 0 Å². The lowest BCUT2D eigenvalue weighted by Crippen LogP contribution is -2.36. The van der Waals surface area contributed by atoms with Gasteiger partial charge in [0.25, 0.3) is 5.91 Å². The largest absolute Gasteiger partial charge is 0.395 e. The van der Waals surface area contributed by atoms with Crippen molar-refractivity contribution in [2.75, 3.05) is 40.5 Å². The molecule has 0 aliphatic carbocycles. The average Bonchev–Trinajstić information content (AvgIpc) is 2.85. The molecule has 0 atom stereocenters. The summed E-state index contributed by atoms with van der Waals surface area (Å²) in [6.45, 7) is 0.0198. The lowest BCUT2D eigenvalue weighted by atomic mass is 10.4. The molecule has 0 aliphatic rings. The van der Waals surface area contributed by atoms with Crippen LogP contribution in [0.3, 0.4) is 0 Å². The molecule has 0 unspecified atom stereocenters. The maximum Gasteiger partial charge on any atom is 0.267 e. The number of amides is 1. The Bertz CT molecular complexity index is 582. The van der Waals surface area contributed by atoms with Crippen molar-refractivity contribution in [2.24, 2.45) is 7.05 Å². The van der Waals surface area contributed by atoms with Crippen LogP contribution in [0.25, 0.3) is 0 Å². The summed E-state index contributed by atoms with van der Waals surface area (Å²) in [6, 6.07) is 1.31. The van der Waals surface area contributed by atoms with Gasteiger partial charge in [0, 0.05) is 40.5 Å². The Morgan fingerprint density at radius 2 is 2.14 bits per heavy atom. The minimum absolute atomic E-state index is 0.00755. The molecule has 8 nitrogen and oxygen atoms in total. The van der Waals surface area contributed by atoms with Crippen molar-refractivity contribution < 1.29 is 23.1 Å². The number of rotatable bonds is 8. The van der Waals surface area contributed by atoms with Crippen LogP contribution in [-0.2, 0) is 21.8 Å². The number of hydrogen-bond acceptors (Lipinski definition) is 5. The van der Waals surface area contributed by atoms with Gasteiger partial charge in [-0.2, -0.15) is 4.31 Å². The molecule has 0 aliphatic heterocycles. The predicted octanol–water partition coefficient (Wildman–Crippen LogP) is -0.986. The first kappa shape index (κ1) is 17.6. The standard InChI is InChI=1S/C12H21N3O5S/c1-13-12(17)11-8-10(9-14(11)2)21(18,19)15(4-6-16)5-7-20-3/h8-9,16H,4-7H2,1-3H3,(H,13,17). The zero-order valence-corrected chi connectivity index (χ0v) is 13.2. The molecule has 1 heterocycles. The summed E-state index contributed by atoms with van der Waals surface area (Å²) in [4.78, 5) is 11.6. The zero-order chi connectivity index (χ0) is 16.0. The van der Waals surface area contributed by atoms with Crippen molar-refractivity contribution in [3.63, 3.8) is 0 Å². The van der Waals surface area contributed by atoms with Crippen LogP contribution in [-0.4, -0.2) is 68.8 Å². The summed E-state index contributed by atoms with van der Waals surface area (Å²) >= 11 is 0. The van der Waals surface area contributed by atoms with E-state index >= 15 is 0 Å². The predicted molar refractivity (Wildman–Crippen MR) is 76.5 cm³/mol. The van der Waals surface area contributed by atoms with Gasteiger partial charge in [-0.3, -0.25) is 4.79 Å². The SMILES string of the molecule is CNC(=O)c1cc(S(=O)(=O)N(CCO)CCOC)cn1C. The maximum absolute atomic E-state index is 12.5. The van der Waals surface area contributed by atoms with E-state index in [2.05, 4.69) is 5.32 Å². The molecule has 2 N–H and O–H groups in total. The van der Waals surface area contributed by atoms with E-state index < -0.39 is 10.0 Å². The third-order valence-corrected chi connectivity index (χ3v) is 4.84. The van der Waals surface area contributed by atoms with Gasteiger partial charge in [0.15, 0.2) is 0 Å². The Balaban J connectivity index is 3.13. The molecule has 9 heteroatoms. The summed E-state index contributed by atoms with van der Waals surface area (Å²) in [5.74, 6) is -0.371. The molecule has 21 heavy (non-hydrogen) atoms. The molecule has 1 rings (SSSR count). The fourth-order valence-corrected chi connectivity index (χ4v) is 3.32. The number of sulfonamides is 1. The summed E-state index contributed by atoms with van der Waals surface area (Å²) in [7, 11) is 0.747. The summed E-state index contributed by atoms with van der Waals surface area (Å²) in [5.41, 5.74) is 0.242. The number of ether oxygens (including phenoxy) is 1. The smallest absolute Gasteiger partial charge is 0.267 e. The molecule has 0 saturated carbocycles. The molecular formula is C12H21N3O5S. The Hall–Kier alpha value is -1.42. The third-order valence-electron chi connectivity index (χ3n) is 2.97. The van der Waals surface area contributed by atoms with E-state index in [-0.39, 0.29) is 42.8 Å². The molecule has 0 radical (unpaired) electrons. The van der Waals surface area contributed by atoms with Crippen LogP contribution in [0.5, 0.6) is 0 Å². The van der Waals surface area contributed by atoms with Crippen molar-refractivity contribution in [1.82, 2.24) is 14.2 Å². The van der Waals surface area contributed by atoms with E-state index in [9.17, 15) is 13.2 Å². The molecule has 0 bridgehead atoms. The lowest BCUT2D eigenvalue weighted by molar-refractivity contribution is 0.0955. The molecule has 1 aromatic heterocycles. The molecular weight excluding hydrogens is 298 g/mol. The quantitative estimate of drug-likeness (QED) is 0.641. The van der Waals surface area contributed by atoms with Crippen molar-refractivity contribution in [1.29, 1.82) is 0 Å². The lowest BCUT2D eigenvalue weighted by Gasteiger charge is -2.20. The second kappa shape index (κ2) is 7.55. The van der Waals surface area contributed by atoms with Crippen molar-refractivity contribution in [3.05, 3.63) is 18.0 Å². The van der Waals surface area contributed by atoms with Gasteiger partial charge in [-0.1, -0.05) is 0 Å². The first-order valence-corrected chi connectivity index (χ1v) is 7.80. The number of hydrogen-bond donors (Lipinski definition) is 2. The topological polar surface area (TPSA) is 101 Å². The summed E-state index contributed by atoms with van der Waals surface area (Å²) < 4.78 is 32.5. The van der Waals surface area contributed by atoms with Crippen LogP contribution < -0.4 is 5.32 Å². The first-order valence-electron chi connectivity index (χ1n) is 6.36. The Labute approximate surface area is 124 Å². The number of carbonyl (C=O) groups excluding carboxylic acids is 1. The van der Waals surface area contributed by atoms with Crippen molar-refractivity contribution in [3.8, 4) is 0 Å². The monoisotopic (exact) mass is 319 g/mol. The molecule has 0 saturated heterocycles. The molecule has 1 aromatic rings. The minimum Gasteiger partial charge on any atom is -0.395 e. The maximum atomic E-state index is 12.5. The van der Waals surface area contributed by atoms with Crippen LogP contribution in [0.4, 0.5) is 0 Å². The second-order valence-electron chi connectivity index (χ2n) is 4.37. The van der Waals surface area contributed by atoms with Crippen LogP contribution in [0.2, 0.25) is 0 Å². The van der Waals surface area contributed by atoms with Crippen LogP contribution in [0.1, 0.15) is 10.5 Å². The number of aryl methyl sites for hydroxylation is 1. The average molecular weight is 319 g/mol. The van der Waals surface area contributed by atoms with Crippen LogP contribution >= 0.6 is 0 Å². The number of nitrogens with one attached hydrogen (secondary N) is 1. The van der Waals surface area contributed by atoms with E-state index in [1.54, 1.807) is 7.05 Å². The van der Waals surface area contributed by atoms with Gasteiger partial charge < -0.3 is 19.7 Å². The fraction of sp³-hybridized carbons (Fsp3) is 0.583. The number of aliphatic hydroxyl groups is 1. The van der Waals surface area contributed by atoms with E-state index in [0.717, 1.165) is 4.31 Å².